The third-order valence-electron chi connectivity index (χ3n) is 11.7. The molecule has 2 N–H and O–H groups in total. The minimum atomic E-state index is -0.795. The van der Waals surface area contributed by atoms with Crippen molar-refractivity contribution >= 4 is 0 Å². The van der Waals surface area contributed by atoms with Gasteiger partial charge in [0.2, 0.25) is 0 Å². The van der Waals surface area contributed by atoms with Crippen LogP contribution < -0.4 is 4.74 Å². The smallest absolute Gasteiger partial charge is 0.165 e. The largest absolute Gasteiger partial charge is 0.504 e. The molecule has 0 amide bonds. The number of phenols is 1. The zero-order valence-electron chi connectivity index (χ0n) is 21.8. The fraction of sp³-hybridized carbons (Fsp3) is 0.800. The molecule has 5 heteroatoms. The van der Waals surface area contributed by atoms with Crippen molar-refractivity contribution in [2.45, 2.75) is 113 Å². The molecule has 192 valence electrons. The van der Waals surface area contributed by atoms with Crippen LogP contribution >= 0.6 is 0 Å². The van der Waals surface area contributed by atoms with Crippen molar-refractivity contribution in [2.24, 2.45) is 17.3 Å². The minimum absolute atomic E-state index is 0.0325. The van der Waals surface area contributed by atoms with E-state index >= 15 is 0 Å². The first kappa shape index (κ1) is 22.9. The molecule has 1 aromatic rings. The predicted molar refractivity (Wildman–Crippen MR) is 135 cm³/mol. The zero-order valence-corrected chi connectivity index (χ0v) is 21.8. The van der Waals surface area contributed by atoms with E-state index in [4.69, 9.17) is 9.47 Å². The standard InChI is InChI=1S/C30H43NO4/c1-4-5-6-11-27(2,33)22-17-28-12-13-30(22,34-3)26-29(28)14-15-31(18-19-7-8-19)23(28)16-20-9-10-21(32)25(35-26)24(20)29/h9-10,19,22-23,26,32-33H,4-8,11-18H2,1-3H3/t22-,23-,26-,27-,28-,29+,30-/m1/s1. The van der Waals surface area contributed by atoms with Crippen LogP contribution in [0.25, 0.3) is 0 Å². The average Bonchev–Trinajstić information content (AvgIpc) is 3.59. The predicted octanol–water partition coefficient (Wildman–Crippen LogP) is 4.95. The molecule has 0 aromatic heterocycles. The highest BCUT2D eigenvalue weighted by atomic mass is 16.6. The van der Waals surface area contributed by atoms with Crippen LogP contribution in [0.1, 0.15) is 89.2 Å². The maximum atomic E-state index is 12.1. The molecular formula is C30H43NO4. The first-order valence-electron chi connectivity index (χ1n) is 14.4. The van der Waals surface area contributed by atoms with Gasteiger partial charge < -0.3 is 19.7 Å². The highest BCUT2D eigenvalue weighted by molar-refractivity contribution is 5.63. The Hall–Kier alpha value is -1.30. The average molecular weight is 482 g/mol. The number of benzene rings is 1. The van der Waals surface area contributed by atoms with Crippen LogP contribution in [0.4, 0.5) is 0 Å². The van der Waals surface area contributed by atoms with Crippen LogP contribution in [-0.2, 0) is 16.6 Å². The molecule has 4 bridgehead atoms. The number of nitrogens with zero attached hydrogens (tertiary/aromatic N) is 1. The summed E-state index contributed by atoms with van der Waals surface area (Å²) in [5.74, 6) is 1.90. The second-order valence-electron chi connectivity index (χ2n) is 13.2. The number of hydrogen-bond acceptors (Lipinski definition) is 5. The lowest BCUT2D eigenvalue weighted by atomic mass is 9.33. The number of hydrogen-bond donors (Lipinski definition) is 2. The molecule has 2 aliphatic heterocycles. The number of unbranched alkanes of at least 4 members (excludes halogenated alkanes) is 2. The molecule has 2 spiro atoms. The number of methoxy groups -OCH3 is 1. The zero-order chi connectivity index (χ0) is 24.2. The molecule has 5 nitrogen and oxygen atoms in total. The molecule has 1 saturated heterocycles. The van der Waals surface area contributed by atoms with Crippen molar-refractivity contribution in [3.63, 3.8) is 0 Å². The second kappa shape index (κ2) is 7.39. The number of likely N-dealkylation sites (tertiary alicyclic amines) is 1. The summed E-state index contributed by atoms with van der Waals surface area (Å²) < 4.78 is 13.5. The van der Waals surface area contributed by atoms with E-state index in [1.807, 2.05) is 13.2 Å². The number of fused-ring (bicyclic) bond motifs is 2. The lowest BCUT2D eigenvalue weighted by molar-refractivity contribution is -0.303. The fourth-order valence-corrected chi connectivity index (χ4v) is 10.0. The normalized spacial score (nSPS) is 42.5. The van der Waals surface area contributed by atoms with Crippen molar-refractivity contribution in [3.8, 4) is 11.5 Å². The molecule has 4 saturated carbocycles. The van der Waals surface area contributed by atoms with Crippen LogP contribution in [0.5, 0.6) is 11.5 Å². The number of aliphatic hydroxyl groups is 1. The van der Waals surface area contributed by atoms with E-state index in [-0.39, 0.29) is 28.6 Å². The van der Waals surface area contributed by atoms with Gasteiger partial charge in [0.05, 0.1) is 5.60 Å². The Morgan fingerprint density at radius 3 is 2.77 bits per heavy atom. The van der Waals surface area contributed by atoms with Gasteiger partial charge >= 0.3 is 0 Å². The molecule has 5 aliphatic carbocycles. The van der Waals surface area contributed by atoms with Crippen molar-refractivity contribution in [1.29, 1.82) is 0 Å². The highest BCUT2D eigenvalue weighted by Crippen LogP contribution is 2.77. The molecule has 35 heavy (non-hydrogen) atoms. The Balaban J connectivity index is 1.40. The number of rotatable bonds is 8. The molecule has 8 rings (SSSR count). The van der Waals surface area contributed by atoms with E-state index < -0.39 is 11.2 Å². The van der Waals surface area contributed by atoms with Crippen LogP contribution in [-0.4, -0.2) is 58.7 Å². The van der Waals surface area contributed by atoms with Gasteiger partial charge in [-0.15, -0.1) is 0 Å². The first-order valence-corrected chi connectivity index (χ1v) is 14.4. The summed E-state index contributed by atoms with van der Waals surface area (Å²) in [5.41, 5.74) is 1.30. The number of piperidine rings is 1. The summed E-state index contributed by atoms with van der Waals surface area (Å²) >= 11 is 0. The first-order chi connectivity index (χ1) is 16.8. The van der Waals surface area contributed by atoms with Gasteiger partial charge in [-0.05, 0) is 82.4 Å². The Morgan fingerprint density at radius 2 is 2.03 bits per heavy atom. The van der Waals surface area contributed by atoms with Gasteiger partial charge in [0.1, 0.15) is 11.7 Å². The summed E-state index contributed by atoms with van der Waals surface area (Å²) in [6.07, 6.45) is 12.0. The quantitative estimate of drug-likeness (QED) is 0.515. The van der Waals surface area contributed by atoms with E-state index in [1.165, 1.54) is 30.5 Å². The second-order valence-corrected chi connectivity index (χ2v) is 13.2. The fourth-order valence-electron chi connectivity index (χ4n) is 10.0. The summed E-state index contributed by atoms with van der Waals surface area (Å²) in [4.78, 5) is 2.84. The minimum Gasteiger partial charge on any atom is -0.504 e. The van der Waals surface area contributed by atoms with Crippen molar-refractivity contribution < 1.29 is 19.7 Å². The molecule has 0 radical (unpaired) electrons. The maximum Gasteiger partial charge on any atom is 0.165 e. The van der Waals surface area contributed by atoms with Gasteiger partial charge in [-0.2, -0.15) is 0 Å². The SMILES string of the molecule is CCCCC[C@@](C)(O)[C@H]1C[C@@]23CC[C@]1(OC)[C@@H]1Oc4c(O)ccc5c4[C@@]12CCN(CC1CC1)[C@@H]3C5. The van der Waals surface area contributed by atoms with Gasteiger partial charge in [0.15, 0.2) is 11.5 Å². The van der Waals surface area contributed by atoms with Gasteiger partial charge in [0, 0.05) is 42.0 Å². The monoisotopic (exact) mass is 481 g/mol. The maximum absolute atomic E-state index is 12.1. The van der Waals surface area contributed by atoms with Crippen LogP contribution in [0, 0.1) is 17.3 Å². The van der Waals surface area contributed by atoms with E-state index in [0.29, 0.717) is 6.04 Å². The summed E-state index contributed by atoms with van der Waals surface area (Å²) in [5, 5.41) is 23.1. The molecule has 7 atom stereocenters. The lowest BCUT2D eigenvalue weighted by Gasteiger charge is -2.75. The summed E-state index contributed by atoms with van der Waals surface area (Å²) in [6.45, 7) is 6.63. The molecule has 7 aliphatic rings. The Labute approximate surface area is 210 Å². The van der Waals surface area contributed by atoms with Crippen molar-refractivity contribution in [1.82, 2.24) is 4.90 Å². The van der Waals surface area contributed by atoms with Crippen LogP contribution in [0.15, 0.2) is 12.1 Å². The van der Waals surface area contributed by atoms with Crippen molar-refractivity contribution in [3.05, 3.63) is 23.3 Å². The molecule has 0 unspecified atom stereocenters. The van der Waals surface area contributed by atoms with Gasteiger partial charge in [-0.3, -0.25) is 4.90 Å². The number of phenolic OH excluding ortho intramolecular Hbond substituents is 1. The van der Waals surface area contributed by atoms with Crippen molar-refractivity contribution in [2.75, 3.05) is 20.2 Å². The third-order valence-corrected chi connectivity index (χ3v) is 11.7. The Bertz CT molecular complexity index is 1040. The Morgan fingerprint density at radius 1 is 1.20 bits per heavy atom. The molecular weight excluding hydrogens is 438 g/mol. The summed E-state index contributed by atoms with van der Waals surface area (Å²) in [6, 6.07) is 4.50. The third kappa shape index (κ3) is 2.71. The molecule has 2 heterocycles. The number of aromatic hydroxyl groups is 1. The summed E-state index contributed by atoms with van der Waals surface area (Å²) in [7, 11) is 1.85. The van der Waals surface area contributed by atoms with E-state index in [9.17, 15) is 10.2 Å². The van der Waals surface area contributed by atoms with Gasteiger partial charge in [-0.1, -0.05) is 32.3 Å². The molecule has 1 aromatic carbocycles. The lowest BCUT2D eigenvalue weighted by Crippen LogP contribution is -2.82. The topological polar surface area (TPSA) is 62.2 Å². The van der Waals surface area contributed by atoms with Crippen LogP contribution in [0.2, 0.25) is 0 Å². The van der Waals surface area contributed by atoms with E-state index in [0.717, 1.165) is 76.0 Å². The molecule has 5 fully saturated rings. The van der Waals surface area contributed by atoms with E-state index in [1.54, 1.807) is 0 Å². The van der Waals surface area contributed by atoms with Gasteiger partial charge in [-0.25, -0.2) is 0 Å². The van der Waals surface area contributed by atoms with Crippen LogP contribution in [0.3, 0.4) is 0 Å². The Kier molecular flexibility index (Phi) is 4.82. The highest BCUT2D eigenvalue weighted by Gasteiger charge is 2.81. The van der Waals surface area contributed by atoms with Gasteiger partial charge in [0.25, 0.3) is 0 Å². The number of ether oxygens (including phenoxy) is 2. The van der Waals surface area contributed by atoms with E-state index in [2.05, 4.69) is 24.8 Å².